The van der Waals surface area contributed by atoms with Crippen molar-refractivity contribution < 1.29 is 27.5 Å². The summed E-state index contributed by atoms with van der Waals surface area (Å²) in [6, 6.07) is 3.35. The van der Waals surface area contributed by atoms with Gasteiger partial charge in [0.15, 0.2) is 5.75 Å². The van der Waals surface area contributed by atoms with E-state index < -0.39 is 18.0 Å². The van der Waals surface area contributed by atoms with Crippen LogP contribution in [-0.2, 0) is 4.84 Å². The van der Waals surface area contributed by atoms with Crippen molar-refractivity contribution >= 4 is 11.6 Å². The molecule has 0 aliphatic carbocycles. The van der Waals surface area contributed by atoms with E-state index in [4.69, 9.17) is 10.6 Å². The maximum Gasteiger partial charge on any atom is 0.573 e. The molecule has 0 saturated carbocycles. The molecule has 8 heteroatoms. The van der Waals surface area contributed by atoms with Gasteiger partial charge in [-0.3, -0.25) is 9.63 Å². The van der Waals surface area contributed by atoms with Crippen molar-refractivity contribution in [1.82, 2.24) is 5.06 Å². The third-order valence-corrected chi connectivity index (χ3v) is 2.46. The van der Waals surface area contributed by atoms with Gasteiger partial charge in [-0.2, -0.15) is 0 Å². The molecule has 104 valence electrons. The largest absolute Gasteiger partial charge is 0.573 e. The maximum atomic E-state index is 12.1. The van der Waals surface area contributed by atoms with E-state index in [1.807, 2.05) is 0 Å². The summed E-state index contributed by atoms with van der Waals surface area (Å²) in [4.78, 5) is 16.9. The molecule has 0 spiro atoms. The lowest BCUT2D eigenvalue weighted by molar-refractivity contribution is -0.274. The zero-order valence-electron chi connectivity index (χ0n) is 9.74. The minimum absolute atomic E-state index is 0.147. The number of hydroxylamine groups is 2. The molecule has 1 fully saturated rings. The highest BCUT2D eigenvalue weighted by Crippen LogP contribution is 2.29. The van der Waals surface area contributed by atoms with Crippen LogP contribution in [0.25, 0.3) is 0 Å². The molecule has 1 aromatic carbocycles. The number of benzene rings is 1. The predicted octanol–water partition coefficient (Wildman–Crippen LogP) is 1.94. The van der Waals surface area contributed by atoms with Gasteiger partial charge in [0, 0.05) is 5.56 Å². The number of ether oxygens (including phenoxy) is 1. The van der Waals surface area contributed by atoms with Crippen LogP contribution in [-0.4, -0.2) is 30.5 Å². The van der Waals surface area contributed by atoms with Crippen LogP contribution < -0.4 is 10.5 Å². The van der Waals surface area contributed by atoms with Gasteiger partial charge >= 0.3 is 6.36 Å². The summed E-state index contributed by atoms with van der Waals surface area (Å²) in [6.45, 7) is 0.885. The van der Waals surface area contributed by atoms with Gasteiger partial charge in [0.05, 0.1) is 18.8 Å². The van der Waals surface area contributed by atoms with Gasteiger partial charge in [0.2, 0.25) is 0 Å². The van der Waals surface area contributed by atoms with Crippen molar-refractivity contribution in [2.24, 2.45) is 0 Å². The molecule has 0 radical (unpaired) electrons. The molecule has 0 atom stereocenters. The van der Waals surface area contributed by atoms with E-state index in [0.717, 1.165) is 23.6 Å². The van der Waals surface area contributed by atoms with E-state index >= 15 is 0 Å². The first kappa shape index (κ1) is 13.5. The second-order valence-electron chi connectivity index (χ2n) is 3.89. The number of alkyl halides is 3. The third-order valence-electron chi connectivity index (χ3n) is 2.46. The summed E-state index contributed by atoms with van der Waals surface area (Å²) in [5, 5.41) is 1.15. The Hall–Kier alpha value is -1.96. The number of halogens is 3. The molecule has 1 aliphatic heterocycles. The quantitative estimate of drug-likeness (QED) is 0.838. The van der Waals surface area contributed by atoms with Crippen molar-refractivity contribution in [1.29, 1.82) is 0 Å². The highest BCUT2D eigenvalue weighted by molar-refractivity contribution is 5.94. The molecule has 1 heterocycles. The zero-order chi connectivity index (χ0) is 14.0. The number of anilines is 1. The van der Waals surface area contributed by atoms with Crippen LogP contribution in [0.4, 0.5) is 18.9 Å². The van der Waals surface area contributed by atoms with Crippen LogP contribution >= 0.6 is 0 Å². The number of carbonyl (C=O) groups is 1. The number of hydrogen-bond donors (Lipinski definition) is 1. The van der Waals surface area contributed by atoms with Crippen LogP contribution in [0.5, 0.6) is 5.75 Å². The van der Waals surface area contributed by atoms with Crippen LogP contribution in [0, 0.1) is 0 Å². The van der Waals surface area contributed by atoms with E-state index in [1.54, 1.807) is 0 Å². The summed E-state index contributed by atoms with van der Waals surface area (Å²) < 4.78 is 39.9. The Bertz CT molecular complexity index is 485. The fraction of sp³-hybridized carbons (Fsp3) is 0.364. The molecule has 2 rings (SSSR count). The van der Waals surface area contributed by atoms with Crippen molar-refractivity contribution in [3.63, 3.8) is 0 Å². The Labute approximate surface area is 106 Å². The lowest BCUT2D eigenvalue weighted by Gasteiger charge is -2.15. The van der Waals surface area contributed by atoms with Crippen LogP contribution in [0.1, 0.15) is 16.8 Å². The second kappa shape index (κ2) is 4.96. The van der Waals surface area contributed by atoms with E-state index in [2.05, 4.69) is 4.74 Å². The number of nitrogens with two attached hydrogens (primary N) is 1. The summed E-state index contributed by atoms with van der Waals surface area (Å²) >= 11 is 0. The molecular formula is C11H11F3N2O3. The average molecular weight is 276 g/mol. The summed E-state index contributed by atoms with van der Waals surface area (Å²) in [5.74, 6) is -0.978. The molecule has 19 heavy (non-hydrogen) atoms. The van der Waals surface area contributed by atoms with Gasteiger partial charge in [-0.25, -0.2) is 5.06 Å². The van der Waals surface area contributed by atoms with Crippen molar-refractivity contribution in [2.75, 3.05) is 18.9 Å². The highest BCUT2D eigenvalue weighted by Gasteiger charge is 2.32. The number of nitrogens with zero attached hydrogens (tertiary/aromatic N) is 1. The van der Waals surface area contributed by atoms with Gasteiger partial charge in [-0.1, -0.05) is 0 Å². The van der Waals surface area contributed by atoms with Gasteiger partial charge in [-0.15, -0.1) is 13.2 Å². The number of carbonyl (C=O) groups excluding carboxylic acids is 1. The fourth-order valence-electron chi connectivity index (χ4n) is 1.65. The molecule has 5 nitrogen and oxygen atoms in total. The SMILES string of the molecule is Nc1cc(C(=O)N2CCCO2)ccc1OC(F)(F)F. The average Bonchev–Trinajstić information content (AvgIpc) is 2.82. The Morgan fingerprint density at radius 1 is 1.42 bits per heavy atom. The lowest BCUT2D eigenvalue weighted by atomic mass is 10.1. The fourth-order valence-corrected chi connectivity index (χ4v) is 1.65. The predicted molar refractivity (Wildman–Crippen MR) is 59.1 cm³/mol. The zero-order valence-corrected chi connectivity index (χ0v) is 9.74. The normalized spacial score (nSPS) is 15.6. The van der Waals surface area contributed by atoms with E-state index in [1.165, 1.54) is 6.07 Å². The molecule has 2 N–H and O–H groups in total. The molecule has 1 saturated heterocycles. The number of nitrogen functional groups attached to an aromatic ring is 1. The van der Waals surface area contributed by atoms with Gasteiger partial charge in [-0.05, 0) is 24.6 Å². The smallest absolute Gasteiger partial charge is 0.404 e. The van der Waals surface area contributed by atoms with Gasteiger partial charge < -0.3 is 10.5 Å². The Morgan fingerprint density at radius 2 is 2.16 bits per heavy atom. The van der Waals surface area contributed by atoms with Crippen molar-refractivity contribution in [2.45, 2.75) is 12.8 Å². The number of amides is 1. The van der Waals surface area contributed by atoms with Crippen LogP contribution in [0.15, 0.2) is 18.2 Å². The van der Waals surface area contributed by atoms with Crippen molar-refractivity contribution in [3.05, 3.63) is 23.8 Å². The molecule has 0 aromatic heterocycles. The van der Waals surface area contributed by atoms with Gasteiger partial charge in [0.1, 0.15) is 0 Å². The van der Waals surface area contributed by atoms with Crippen molar-refractivity contribution in [3.8, 4) is 5.75 Å². The van der Waals surface area contributed by atoms with E-state index in [-0.39, 0.29) is 11.3 Å². The van der Waals surface area contributed by atoms with Gasteiger partial charge in [0.25, 0.3) is 5.91 Å². The van der Waals surface area contributed by atoms with Crippen LogP contribution in [0.3, 0.4) is 0 Å². The monoisotopic (exact) mass is 276 g/mol. The summed E-state index contributed by atoms with van der Waals surface area (Å²) in [7, 11) is 0. The Morgan fingerprint density at radius 3 is 2.68 bits per heavy atom. The summed E-state index contributed by atoms with van der Waals surface area (Å²) in [5.41, 5.74) is 5.31. The first-order valence-electron chi connectivity index (χ1n) is 5.47. The summed E-state index contributed by atoms with van der Waals surface area (Å²) in [6.07, 6.45) is -4.10. The first-order valence-corrected chi connectivity index (χ1v) is 5.47. The lowest BCUT2D eigenvalue weighted by Crippen LogP contribution is -2.26. The molecule has 1 amide bonds. The second-order valence-corrected chi connectivity index (χ2v) is 3.89. The Kier molecular flexibility index (Phi) is 3.52. The molecule has 0 bridgehead atoms. The van der Waals surface area contributed by atoms with E-state index in [9.17, 15) is 18.0 Å². The minimum Gasteiger partial charge on any atom is -0.404 e. The minimum atomic E-state index is -4.82. The third kappa shape index (κ3) is 3.28. The molecular weight excluding hydrogens is 265 g/mol. The standard InChI is InChI=1S/C11H11F3N2O3/c12-11(13,14)19-9-3-2-7(6-8(9)15)10(17)16-4-1-5-18-16/h2-3,6H,1,4-5,15H2. The molecule has 1 aromatic rings. The first-order chi connectivity index (χ1) is 8.87. The maximum absolute atomic E-state index is 12.1. The number of rotatable bonds is 2. The number of hydrogen-bond acceptors (Lipinski definition) is 4. The van der Waals surface area contributed by atoms with E-state index in [0.29, 0.717) is 13.2 Å². The topological polar surface area (TPSA) is 64.8 Å². The molecule has 1 aliphatic rings. The molecule has 0 unspecified atom stereocenters. The van der Waals surface area contributed by atoms with Crippen LogP contribution in [0.2, 0.25) is 0 Å². The Balaban J connectivity index is 2.16. The highest BCUT2D eigenvalue weighted by atomic mass is 19.4.